The molecule has 4 aromatic rings. The summed E-state index contributed by atoms with van der Waals surface area (Å²) >= 11 is 0. The molecule has 12 heteroatoms. The largest absolute Gasteiger partial charge is 0.625 e. The molecule has 1 amide bonds. The van der Waals surface area contributed by atoms with Gasteiger partial charge in [0.2, 0.25) is 0 Å². The minimum Gasteiger partial charge on any atom is -0.625 e. The summed E-state index contributed by atoms with van der Waals surface area (Å²) in [6, 6.07) is 29.7. The molecule has 2 heterocycles. The fourth-order valence-electron chi connectivity index (χ4n) is 5.86. The molecule has 0 saturated carbocycles. The van der Waals surface area contributed by atoms with E-state index in [-0.39, 0.29) is 40.4 Å². The third kappa shape index (κ3) is 7.56. The first-order valence-corrected chi connectivity index (χ1v) is 15.2. The first-order chi connectivity index (χ1) is 22.6. The molecule has 8 nitrogen and oxygen atoms in total. The Kier molecular flexibility index (Phi) is 10.6. The molecule has 0 spiro atoms. The number of likely N-dealkylation sites (tertiary alicyclic amines) is 1. The Labute approximate surface area is 285 Å². The summed E-state index contributed by atoms with van der Waals surface area (Å²) in [7, 11) is 0. The van der Waals surface area contributed by atoms with E-state index in [1.807, 2.05) is 36.4 Å². The molecule has 1 saturated heterocycles. The van der Waals surface area contributed by atoms with Crippen LogP contribution in [0.15, 0.2) is 124 Å². The number of carboxylic acid groups (broad SMARTS) is 1. The number of carboxylic acids is 1. The molecule has 1 N–H and O–H groups in total. The van der Waals surface area contributed by atoms with Gasteiger partial charge in [-0.15, -0.1) is 15.9 Å². The minimum absolute atomic E-state index is 0. The smallest absolute Gasteiger partial charge is 0.442 e. The van der Waals surface area contributed by atoms with Gasteiger partial charge in [0, 0.05) is 40.6 Å². The maximum Gasteiger partial charge on any atom is 0.442 e. The van der Waals surface area contributed by atoms with Crippen LogP contribution in [0, 0.1) is 0 Å². The Morgan fingerprint density at radius 3 is 2.15 bits per heavy atom. The summed E-state index contributed by atoms with van der Waals surface area (Å²) in [5.41, 5.74) is 0.707. The van der Waals surface area contributed by atoms with E-state index in [9.17, 15) is 27.9 Å². The maximum atomic E-state index is 13.6. The van der Waals surface area contributed by atoms with Crippen molar-refractivity contribution in [3.63, 3.8) is 0 Å². The molecule has 48 heavy (non-hydrogen) atoms. The van der Waals surface area contributed by atoms with E-state index < -0.39 is 23.9 Å². The molecule has 6 rings (SSSR count). The Morgan fingerprint density at radius 2 is 1.52 bits per heavy atom. The summed E-state index contributed by atoms with van der Waals surface area (Å²) in [6.07, 6.45) is -3.19. The van der Waals surface area contributed by atoms with Gasteiger partial charge in [-0.25, -0.2) is 4.79 Å². The average molecular weight is 697 g/mol. The second-order valence-corrected chi connectivity index (χ2v) is 11.6. The zero-order valence-electron chi connectivity index (χ0n) is 25.5. The number of alkyl halides is 3. The number of nitrogens with zero attached hydrogens (tertiary/aromatic N) is 5. The number of aliphatic imine (C=N–C) groups is 1. The van der Waals surface area contributed by atoms with Crippen LogP contribution in [0.3, 0.4) is 0 Å². The van der Waals surface area contributed by atoms with Crippen LogP contribution in [0.5, 0.6) is 0 Å². The van der Waals surface area contributed by atoms with Crippen molar-refractivity contribution in [1.29, 1.82) is 0 Å². The zero-order valence-corrected chi connectivity index (χ0v) is 26.5. The first kappa shape index (κ1) is 34.7. The van der Waals surface area contributed by atoms with Gasteiger partial charge in [-0.2, -0.15) is 13.2 Å². The molecule has 4 aromatic carbocycles. The number of aliphatic carboxylic acids is 1. The van der Waals surface area contributed by atoms with E-state index >= 15 is 0 Å². The number of amides is 1. The number of carbonyl (C=O) groups is 2. The summed E-state index contributed by atoms with van der Waals surface area (Å²) < 4.78 is 40.4. The summed E-state index contributed by atoms with van der Waals surface area (Å²) in [6.45, 7) is 1.41. The third-order valence-electron chi connectivity index (χ3n) is 8.37. The molecule has 0 aromatic heterocycles. The van der Waals surface area contributed by atoms with Crippen LogP contribution >= 0.6 is 0 Å². The Hall–Kier alpha value is -4.67. The van der Waals surface area contributed by atoms with Crippen LogP contribution in [0.2, 0.25) is 0 Å². The van der Waals surface area contributed by atoms with Gasteiger partial charge in [0.05, 0.1) is 17.7 Å². The van der Waals surface area contributed by atoms with Gasteiger partial charge >= 0.3 is 17.8 Å². The predicted octanol–water partition coefficient (Wildman–Crippen LogP) is 7.59. The second-order valence-electron chi connectivity index (χ2n) is 11.6. The van der Waals surface area contributed by atoms with E-state index in [0.717, 1.165) is 18.5 Å². The average Bonchev–Trinajstić information content (AvgIpc) is 3.78. The molecule has 250 valence electrons. The molecule has 1 unspecified atom stereocenters. The Balaban J connectivity index is 0.00000451. The standard InChI is InChI=1S/C36H32F3N5O3.Ni/c37-36(38,39)35(42-43-35)27-19-17-24(18-20-27)22-30(34(46)47)40-32(26-12-5-2-6-13-26)28-14-7-8-15-29(28)41-33(45)31-16-9-21-44(31)23-25-10-3-1-4-11-25;/h1-8,10-15,17-20,30-31H,9,16,21-23H2,(H2,40,41,45,46,47);/p-1/t30-,31?;/m0./s1. The van der Waals surface area contributed by atoms with E-state index in [0.29, 0.717) is 41.1 Å². The number of benzene rings is 4. The van der Waals surface area contributed by atoms with Gasteiger partial charge in [-0.05, 0) is 36.1 Å². The minimum atomic E-state index is -4.66. The molecule has 1 fully saturated rings. The normalized spacial score (nSPS) is 17.7. The van der Waals surface area contributed by atoms with Crippen molar-refractivity contribution < 1.29 is 44.4 Å². The maximum absolute atomic E-state index is 13.6. The number of hydrogen-bond donors (Lipinski definition) is 1. The van der Waals surface area contributed by atoms with E-state index in [1.54, 1.807) is 48.5 Å². The molecule has 2 aliphatic rings. The van der Waals surface area contributed by atoms with Crippen LogP contribution in [-0.4, -0.2) is 52.4 Å². The van der Waals surface area contributed by atoms with Gasteiger partial charge in [0.25, 0.3) is 0 Å². The zero-order chi connectivity index (χ0) is 33.0. The SMILES string of the molecule is O=C([N-]c1ccccc1C(=N[C@@H](Cc1ccc(C2(C(F)(F)F)N=N2)cc1)C(=O)O)c1ccccc1)C1CCCN1Cc1ccccc1.[Ni]. The fourth-order valence-corrected chi connectivity index (χ4v) is 5.86. The van der Waals surface area contributed by atoms with Gasteiger partial charge in [-0.1, -0.05) is 109 Å². The molecule has 0 radical (unpaired) electrons. The summed E-state index contributed by atoms with van der Waals surface area (Å²) in [5.74, 6) is -1.49. The number of para-hydroxylation sites is 1. The molecule has 0 bridgehead atoms. The van der Waals surface area contributed by atoms with Crippen LogP contribution in [0.4, 0.5) is 18.9 Å². The van der Waals surface area contributed by atoms with Crippen LogP contribution in [-0.2, 0) is 44.7 Å². The van der Waals surface area contributed by atoms with E-state index in [1.165, 1.54) is 24.3 Å². The van der Waals surface area contributed by atoms with Gasteiger partial charge in [-0.3, -0.25) is 9.89 Å². The summed E-state index contributed by atoms with van der Waals surface area (Å²) in [5, 5.41) is 21.2. The van der Waals surface area contributed by atoms with Crippen LogP contribution in [0.1, 0.15) is 40.7 Å². The number of halogens is 3. The van der Waals surface area contributed by atoms with Gasteiger partial charge in [0.15, 0.2) is 6.04 Å². The number of rotatable bonds is 11. The van der Waals surface area contributed by atoms with Crippen LogP contribution < -0.4 is 0 Å². The van der Waals surface area contributed by atoms with Crippen molar-refractivity contribution >= 4 is 23.3 Å². The first-order valence-electron chi connectivity index (χ1n) is 15.2. The van der Waals surface area contributed by atoms with Crippen molar-refractivity contribution in [3.8, 4) is 0 Å². The number of hydrogen-bond acceptors (Lipinski definition) is 6. The quantitative estimate of drug-likeness (QED) is 0.129. The van der Waals surface area contributed by atoms with Gasteiger partial charge < -0.3 is 15.2 Å². The van der Waals surface area contributed by atoms with Crippen molar-refractivity contribution in [2.45, 2.75) is 49.7 Å². The monoisotopic (exact) mass is 696 g/mol. The fraction of sp³-hybridized carbons (Fsp3) is 0.250. The van der Waals surface area contributed by atoms with Crippen molar-refractivity contribution in [3.05, 3.63) is 142 Å². The molecular weight excluding hydrogens is 666 g/mol. The van der Waals surface area contributed by atoms with Crippen molar-refractivity contribution in [1.82, 2.24) is 4.90 Å². The Bertz CT molecular complexity index is 1800. The third-order valence-corrected chi connectivity index (χ3v) is 8.37. The molecule has 0 aliphatic carbocycles. The predicted molar refractivity (Wildman–Crippen MR) is 171 cm³/mol. The molecule has 2 atom stereocenters. The van der Waals surface area contributed by atoms with Crippen molar-refractivity contribution in [2.24, 2.45) is 15.2 Å². The van der Waals surface area contributed by atoms with Crippen LogP contribution in [0.25, 0.3) is 5.32 Å². The summed E-state index contributed by atoms with van der Waals surface area (Å²) in [4.78, 5) is 33.0. The second kappa shape index (κ2) is 14.6. The molecular formula is C36H31F3N5NiO3-. The van der Waals surface area contributed by atoms with Crippen molar-refractivity contribution in [2.75, 3.05) is 6.54 Å². The van der Waals surface area contributed by atoms with Gasteiger partial charge in [0.1, 0.15) is 0 Å². The Morgan fingerprint density at radius 1 is 0.896 bits per heavy atom. The van der Waals surface area contributed by atoms with E-state index in [4.69, 9.17) is 0 Å². The van der Waals surface area contributed by atoms with E-state index in [2.05, 4.69) is 25.4 Å². The molecule has 2 aliphatic heterocycles. The topological polar surface area (TPSA) is 109 Å². The number of carbonyl (C=O) groups excluding carboxylic acids is 1.